The van der Waals surface area contributed by atoms with E-state index in [4.69, 9.17) is 4.74 Å². The van der Waals surface area contributed by atoms with Crippen molar-refractivity contribution in [3.63, 3.8) is 0 Å². The summed E-state index contributed by atoms with van der Waals surface area (Å²) in [5.41, 5.74) is 5.55. The molecule has 0 spiro atoms. The van der Waals surface area contributed by atoms with Gasteiger partial charge in [0.15, 0.2) is 5.78 Å². The van der Waals surface area contributed by atoms with Crippen LogP contribution in [0.2, 0.25) is 0 Å². The molecule has 0 saturated heterocycles. The van der Waals surface area contributed by atoms with Crippen molar-refractivity contribution in [3.8, 4) is 5.75 Å². The molecule has 0 radical (unpaired) electrons. The van der Waals surface area contributed by atoms with Gasteiger partial charge in [0.25, 0.3) is 5.91 Å². The molecule has 0 bridgehead atoms. The Morgan fingerprint density at radius 2 is 1.50 bits per heavy atom. The molecular weight excluding hydrogens is 472 g/mol. The number of methoxy groups -OCH3 is 1. The van der Waals surface area contributed by atoms with Crippen molar-refractivity contribution in [2.45, 2.75) is 24.8 Å². The van der Waals surface area contributed by atoms with Gasteiger partial charge in [-0.1, -0.05) is 72.8 Å². The van der Waals surface area contributed by atoms with Crippen LogP contribution in [-0.4, -0.2) is 18.8 Å². The zero-order valence-electron chi connectivity index (χ0n) is 21.1. The Bertz CT molecular complexity index is 1530. The molecule has 1 aliphatic carbocycles. The quantitative estimate of drug-likeness (QED) is 0.331. The molecule has 6 rings (SSSR count). The van der Waals surface area contributed by atoms with Crippen LogP contribution in [0.25, 0.3) is 0 Å². The molecule has 0 aromatic heterocycles. The highest BCUT2D eigenvalue weighted by Crippen LogP contribution is 2.48. The minimum atomic E-state index is -0.617. The lowest BCUT2D eigenvalue weighted by Gasteiger charge is -2.35. The van der Waals surface area contributed by atoms with Crippen molar-refractivity contribution in [2.75, 3.05) is 17.3 Å². The minimum Gasteiger partial charge on any atom is -0.497 e. The first-order valence-electron chi connectivity index (χ1n) is 12.8. The number of carbonyl (C=O) groups is 2. The summed E-state index contributed by atoms with van der Waals surface area (Å²) >= 11 is 0. The number of para-hydroxylation sites is 2. The molecule has 1 amide bonds. The third-order valence-electron chi connectivity index (χ3n) is 7.41. The molecule has 1 heterocycles. The Morgan fingerprint density at radius 1 is 0.816 bits per heavy atom. The van der Waals surface area contributed by atoms with Gasteiger partial charge in [-0.05, 0) is 59.9 Å². The summed E-state index contributed by atoms with van der Waals surface area (Å²) in [5, 5.41) is 3.59. The first kappa shape index (κ1) is 23.7. The topological polar surface area (TPSA) is 58.6 Å². The van der Waals surface area contributed by atoms with E-state index in [9.17, 15) is 9.59 Å². The Hall–Kier alpha value is -4.64. The molecule has 4 aromatic rings. The van der Waals surface area contributed by atoms with Crippen LogP contribution >= 0.6 is 0 Å². The number of carbonyl (C=O) groups excluding carboxylic acids is 2. The monoisotopic (exact) mass is 500 g/mol. The van der Waals surface area contributed by atoms with E-state index in [2.05, 4.69) is 17.4 Å². The van der Waals surface area contributed by atoms with E-state index in [1.807, 2.05) is 97.1 Å². The van der Waals surface area contributed by atoms with E-state index in [-0.39, 0.29) is 17.6 Å². The maximum Gasteiger partial charge on any atom is 0.259 e. The van der Waals surface area contributed by atoms with Crippen LogP contribution in [0.15, 0.2) is 120 Å². The standard InChI is InChI=1S/C33H28N2O3/c1-38-26-16-10-15-24(19-26)32-31-28(20-25(21-30(31)36)22-11-4-2-5-12-22)34-27-17-8-9-18-29(27)35(32)33(37)23-13-6-3-7-14-23/h2-19,25,32,34H,20-21H2,1H3/t25-,32-/m0/s1. The fourth-order valence-electron chi connectivity index (χ4n) is 5.62. The molecule has 38 heavy (non-hydrogen) atoms. The molecule has 4 aromatic carbocycles. The number of nitrogens with zero attached hydrogens (tertiary/aromatic N) is 1. The maximum absolute atomic E-state index is 14.3. The molecule has 0 fully saturated rings. The van der Waals surface area contributed by atoms with Gasteiger partial charge in [-0.2, -0.15) is 0 Å². The first-order valence-corrected chi connectivity index (χ1v) is 12.8. The van der Waals surface area contributed by atoms with Crippen molar-refractivity contribution < 1.29 is 14.3 Å². The number of nitrogens with one attached hydrogen (secondary N) is 1. The fourth-order valence-corrected chi connectivity index (χ4v) is 5.62. The molecule has 188 valence electrons. The van der Waals surface area contributed by atoms with Crippen molar-refractivity contribution in [3.05, 3.63) is 137 Å². The average molecular weight is 501 g/mol. The van der Waals surface area contributed by atoms with Crippen LogP contribution < -0.4 is 15.0 Å². The normalized spacial score (nSPS) is 18.7. The molecule has 0 unspecified atom stereocenters. The second-order valence-electron chi connectivity index (χ2n) is 9.69. The van der Waals surface area contributed by atoms with Gasteiger partial charge in [-0.25, -0.2) is 0 Å². The number of ether oxygens (including phenoxy) is 1. The van der Waals surface area contributed by atoms with Crippen LogP contribution in [-0.2, 0) is 4.79 Å². The van der Waals surface area contributed by atoms with Crippen molar-refractivity contribution in [1.29, 1.82) is 0 Å². The number of rotatable bonds is 4. The van der Waals surface area contributed by atoms with Crippen molar-refractivity contribution >= 4 is 23.1 Å². The third-order valence-corrected chi connectivity index (χ3v) is 7.41. The van der Waals surface area contributed by atoms with Crippen LogP contribution in [0.5, 0.6) is 5.75 Å². The summed E-state index contributed by atoms with van der Waals surface area (Å²) in [4.78, 5) is 30.1. The lowest BCUT2D eigenvalue weighted by atomic mass is 9.78. The van der Waals surface area contributed by atoms with E-state index < -0.39 is 6.04 Å². The number of fused-ring (bicyclic) bond motifs is 1. The van der Waals surface area contributed by atoms with Crippen LogP contribution in [0.1, 0.15) is 46.3 Å². The Balaban J connectivity index is 1.58. The summed E-state index contributed by atoms with van der Waals surface area (Å²) < 4.78 is 5.54. The summed E-state index contributed by atoms with van der Waals surface area (Å²) in [5.74, 6) is 0.607. The van der Waals surface area contributed by atoms with Gasteiger partial charge in [0.05, 0.1) is 24.5 Å². The number of hydrogen-bond donors (Lipinski definition) is 1. The highest BCUT2D eigenvalue weighted by Gasteiger charge is 2.42. The Kier molecular flexibility index (Phi) is 6.26. The summed E-state index contributed by atoms with van der Waals surface area (Å²) in [6, 6.07) is 34.2. The molecule has 0 saturated carbocycles. The van der Waals surface area contributed by atoms with Gasteiger partial charge in [0.2, 0.25) is 0 Å². The van der Waals surface area contributed by atoms with Gasteiger partial charge in [0.1, 0.15) is 5.75 Å². The lowest BCUT2D eigenvalue weighted by molar-refractivity contribution is -0.116. The number of hydrogen-bond acceptors (Lipinski definition) is 4. The van der Waals surface area contributed by atoms with E-state index in [1.165, 1.54) is 0 Å². The number of allylic oxidation sites excluding steroid dienone is 1. The van der Waals surface area contributed by atoms with Crippen LogP contribution in [0.3, 0.4) is 0 Å². The second-order valence-corrected chi connectivity index (χ2v) is 9.69. The van der Waals surface area contributed by atoms with Crippen molar-refractivity contribution in [2.24, 2.45) is 0 Å². The zero-order chi connectivity index (χ0) is 26.1. The largest absolute Gasteiger partial charge is 0.497 e. The Labute approximate surface area is 222 Å². The van der Waals surface area contributed by atoms with E-state index in [0.29, 0.717) is 29.7 Å². The van der Waals surface area contributed by atoms with Gasteiger partial charge in [-0.3, -0.25) is 14.5 Å². The zero-order valence-corrected chi connectivity index (χ0v) is 21.1. The van der Waals surface area contributed by atoms with E-state index >= 15 is 0 Å². The highest BCUT2D eigenvalue weighted by atomic mass is 16.5. The highest BCUT2D eigenvalue weighted by molar-refractivity contribution is 6.12. The van der Waals surface area contributed by atoms with Gasteiger partial charge >= 0.3 is 0 Å². The molecule has 5 heteroatoms. The summed E-state index contributed by atoms with van der Waals surface area (Å²) in [6.45, 7) is 0. The van der Waals surface area contributed by atoms with Gasteiger partial charge in [-0.15, -0.1) is 0 Å². The maximum atomic E-state index is 14.3. The van der Waals surface area contributed by atoms with Crippen LogP contribution in [0.4, 0.5) is 11.4 Å². The molecule has 1 aliphatic heterocycles. The van der Waals surface area contributed by atoms with E-state index in [0.717, 1.165) is 28.2 Å². The third kappa shape index (κ3) is 4.26. The smallest absolute Gasteiger partial charge is 0.259 e. The Morgan fingerprint density at radius 3 is 2.26 bits per heavy atom. The fraction of sp³-hybridized carbons (Fsp3) is 0.152. The van der Waals surface area contributed by atoms with Crippen LogP contribution in [0, 0.1) is 0 Å². The second kappa shape index (κ2) is 10.0. The minimum absolute atomic E-state index is 0.0408. The molecule has 2 atom stereocenters. The molecule has 5 nitrogen and oxygen atoms in total. The number of amides is 1. The predicted molar refractivity (Wildman–Crippen MR) is 150 cm³/mol. The first-order chi connectivity index (χ1) is 18.6. The number of ketones is 1. The SMILES string of the molecule is COc1cccc([C@H]2C3=C(C[C@H](c4ccccc4)CC3=O)Nc3ccccc3N2C(=O)c2ccccc2)c1. The average Bonchev–Trinajstić information content (AvgIpc) is 3.12. The summed E-state index contributed by atoms with van der Waals surface area (Å²) in [7, 11) is 1.62. The molecular formula is C33H28N2O3. The van der Waals surface area contributed by atoms with Gasteiger partial charge in [0, 0.05) is 23.3 Å². The number of Topliss-reactive ketones (excluding diaryl/α,β-unsaturated/α-hetero) is 1. The molecule has 1 N–H and O–H groups in total. The van der Waals surface area contributed by atoms with E-state index in [1.54, 1.807) is 12.0 Å². The predicted octanol–water partition coefficient (Wildman–Crippen LogP) is 6.91. The lowest BCUT2D eigenvalue weighted by Crippen LogP contribution is -2.38. The van der Waals surface area contributed by atoms with Gasteiger partial charge < -0.3 is 10.1 Å². The number of benzene rings is 4. The van der Waals surface area contributed by atoms with Crippen molar-refractivity contribution in [1.82, 2.24) is 0 Å². The number of anilines is 2. The summed E-state index contributed by atoms with van der Waals surface area (Å²) in [6.07, 6.45) is 1.06. The molecule has 2 aliphatic rings.